The van der Waals surface area contributed by atoms with Crippen LogP contribution < -0.4 is 11.1 Å². The van der Waals surface area contributed by atoms with Crippen LogP contribution in [-0.4, -0.2) is 59.7 Å². The van der Waals surface area contributed by atoms with Gasteiger partial charge in [0.25, 0.3) is 0 Å². The van der Waals surface area contributed by atoms with Crippen molar-refractivity contribution in [3.05, 3.63) is 0 Å². The summed E-state index contributed by atoms with van der Waals surface area (Å²) in [5.74, 6) is 0.703. The Kier molecular flexibility index (Phi) is 5.16. The van der Waals surface area contributed by atoms with Gasteiger partial charge in [-0.15, -0.1) is 11.8 Å². The number of piperidine rings is 1. The van der Waals surface area contributed by atoms with Crippen molar-refractivity contribution in [1.29, 1.82) is 0 Å². The SMILES string of the molecule is COC(=O)[C@@H]1CSC2(CCN(C(=O)[C@@H](N)C(C)C)CC2)N1. The third-order valence-corrected chi connectivity index (χ3v) is 5.91. The molecule has 120 valence electrons. The molecule has 3 N–H and O–H groups in total. The van der Waals surface area contributed by atoms with E-state index in [1.807, 2.05) is 18.7 Å². The molecule has 0 aromatic heterocycles. The molecule has 2 rings (SSSR count). The van der Waals surface area contributed by atoms with Crippen LogP contribution in [0.4, 0.5) is 0 Å². The predicted octanol–water partition coefficient (Wildman–Crippen LogP) is 0.166. The van der Waals surface area contributed by atoms with E-state index < -0.39 is 6.04 Å². The minimum Gasteiger partial charge on any atom is -0.468 e. The minimum absolute atomic E-state index is 0.0346. The summed E-state index contributed by atoms with van der Waals surface area (Å²) in [6, 6.07) is -0.661. The van der Waals surface area contributed by atoms with Gasteiger partial charge in [-0.2, -0.15) is 0 Å². The van der Waals surface area contributed by atoms with Crippen LogP contribution in [-0.2, 0) is 14.3 Å². The lowest BCUT2D eigenvalue weighted by Gasteiger charge is -2.40. The first kappa shape index (κ1) is 16.6. The fourth-order valence-electron chi connectivity index (χ4n) is 2.79. The molecule has 21 heavy (non-hydrogen) atoms. The van der Waals surface area contributed by atoms with Crippen LogP contribution in [0.25, 0.3) is 0 Å². The Labute approximate surface area is 130 Å². The number of amides is 1. The van der Waals surface area contributed by atoms with Crippen molar-refractivity contribution in [3.8, 4) is 0 Å². The molecular weight excluding hydrogens is 290 g/mol. The van der Waals surface area contributed by atoms with Crippen LogP contribution in [0.1, 0.15) is 26.7 Å². The largest absolute Gasteiger partial charge is 0.468 e. The molecule has 2 atom stereocenters. The molecular formula is C14H25N3O3S. The van der Waals surface area contributed by atoms with Crippen molar-refractivity contribution in [3.63, 3.8) is 0 Å². The quantitative estimate of drug-likeness (QED) is 0.722. The molecule has 0 bridgehead atoms. The van der Waals surface area contributed by atoms with E-state index >= 15 is 0 Å². The zero-order valence-corrected chi connectivity index (χ0v) is 13.7. The topological polar surface area (TPSA) is 84.7 Å². The number of esters is 1. The number of nitrogens with one attached hydrogen (secondary N) is 1. The van der Waals surface area contributed by atoms with Crippen molar-refractivity contribution in [2.45, 2.75) is 43.6 Å². The molecule has 0 aromatic rings. The van der Waals surface area contributed by atoms with Gasteiger partial charge in [0.15, 0.2) is 0 Å². The Bertz CT molecular complexity index is 408. The van der Waals surface area contributed by atoms with E-state index in [9.17, 15) is 9.59 Å². The molecule has 2 aliphatic heterocycles. The van der Waals surface area contributed by atoms with Gasteiger partial charge in [0.05, 0.1) is 18.0 Å². The standard InChI is InChI=1S/C14H25N3O3S/c1-9(2)11(15)12(18)17-6-4-14(5-7-17)16-10(8-21-14)13(19)20-3/h9-11,16H,4-8,15H2,1-3H3/t10-,11-/m0/s1. The molecule has 2 fully saturated rings. The van der Waals surface area contributed by atoms with Crippen LogP contribution in [0.2, 0.25) is 0 Å². The lowest BCUT2D eigenvalue weighted by atomic mass is 9.99. The van der Waals surface area contributed by atoms with E-state index in [0.717, 1.165) is 18.6 Å². The van der Waals surface area contributed by atoms with Crippen molar-refractivity contribution in [2.75, 3.05) is 26.0 Å². The van der Waals surface area contributed by atoms with E-state index in [-0.39, 0.29) is 28.7 Å². The summed E-state index contributed by atoms with van der Waals surface area (Å²) in [4.78, 5) is 25.6. The van der Waals surface area contributed by atoms with Crippen LogP contribution >= 0.6 is 11.8 Å². The van der Waals surface area contributed by atoms with Gasteiger partial charge in [-0.25, -0.2) is 0 Å². The molecule has 6 nitrogen and oxygen atoms in total. The van der Waals surface area contributed by atoms with Gasteiger partial charge in [0.1, 0.15) is 6.04 Å². The number of thioether (sulfide) groups is 1. The van der Waals surface area contributed by atoms with E-state index in [4.69, 9.17) is 10.5 Å². The Morgan fingerprint density at radius 1 is 1.38 bits per heavy atom. The molecule has 2 aliphatic rings. The van der Waals surface area contributed by atoms with Gasteiger partial charge >= 0.3 is 5.97 Å². The number of nitrogens with zero attached hydrogens (tertiary/aromatic N) is 1. The molecule has 1 amide bonds. The Hall–Kier alpha value is -0.790. The Morgan fingerprint density at radius 2 is 2.00 bits per heavy atom. The first-order valence-electron chi connectivity index (χ1n) is 7.42. The zero-order valence-electron chi connectivity index (χ0n) is 12.9. The first-order chi connectivity index (χ1) is 9.88. The first-order valence-corrected chi connectivity index (χ1v) is 8.41. The van der Waals surface area contributed by atoms with E-state index in [0.29, 0.717) is 13.1 Å². The maximum atomic E-state index is 12.3. The number of carbonyl (C=O) groups is 2. The van der Waals surface area contributed by atoms with Gasteiger partial charge in [-0.3, -0.25) is 14.9 Å². The fourth-order valence-corrected chi connectivity index (χ4v) is 4.19. The maximum absolute atomic E-state index is 12.3. The second-order valence-electron chi connectivity index (χ2n) is 6.12. The number of likely N-dealkylation sites (tertiary alicyclic amines) is 1. The van der Waals surface area contributed by atoms with E-state index in [1.165, 1.54) is 7.11 Å². The number of methoxy groups -OCH3 is 1. The number of ether oxygens (including phenoxy) is 1. The van der Waals surface area contributed by atoms with Crippen LogP contribution in [0, 0.1) is 5.92 Å². The summed E-state index contributed by atoms with van der Waals surface area (Å²) in [6.07, 6.45) is 1.67. The summed E-state index contributed by atoms with van der Waals surface area (Å²) >= 11 is 1.76. The van der Waals surface area contributed by atoms with E-state index in [1.54, 1.807) is 11.8 Å². The molecule has 2 heterocycles. The van der Waals surface area contributed by atoms with Gasteiger partial charge in [0, 0.05) is 18.8 Å². The van der Waals surface area contributed by atoms with Crippen LogP contribution in [0.15, 0.2) is 0 Å². The van der Waals surface area contributed by atoms with Crippen molar-refractivity contribution >= 4 is 23.6 Å². The highest BCUT2D eigenvalue weighted by Gasteiger charge is 2.45. The number of carbonyl (C=O) groups excluding carboxylic acids is 2. The van der Waals surface area contributed by atoms with Crippen molar-refractivity contribution in [2.24, 2.45) is 11.7 Å². The van der Waals surface area contributed by atoms with Gasteiger partial charge in [-0.05, 0) is 18.8 Å². The third-order valence-electron chi connectivity index (χ3n) is 4.34. The Balaban J connectivity index is 1.89. The Morgan fingerprint density at radius 3 is 2.52 bits per heavy atom. The summed E-state index contributed by atoms with van der Waals surface area (Å²) in [5.41, 5.74) is 5.94. The minimum atomic E-state index is -0.425. The molecule has 1 spiro atoms. The van der Waals surface area contributed by atoms with Crippen molar-refractivity contribution in [1.82, 2.24) is 10.2 Å². The lowest BCUT2D eigenvalue weighted by Crippen LogP contribution is -2.56. The second kappa shape index (κ2) is 6.54. The van der Waals surface area contributed by atoms with E-state index in [2.05, 4.69) is 5.32 Å². The number of nitrogens with two attached hydrogens (primary N) is 1. The average molecular weight is 315 g/mol. The highest BCUT2D eigenvalue weighted by Crippen LogP contribution is 2.39. The van der Waals surface area contributed by atoms with Crippen LogP contribution in [0.3, 0.4) is 0 Å². The predicted molar refractivity (Wildman–Crippen MR) is 82.8 cm³/mol. The lowest BCUT2D eigenvalue weighted by molar-refractivity contribution is -0.143. The molecule has 0 saturated carbocycles. The van der Waals surface area contributed by atoms with Gasteiger partial charge < -0.3 is 15.4 Å². The normalized spacial score (nSPS) is 26.1. The summed E-state index contributed by atoms with van der Waals surface area (Å²) in [6.45, 7) is 5.30. The van der Waals surface area contributed by atoms with Crippen molar-refractivity contribution < 1.29 is 14.3 Å². The monoisotopic (exact) mass is 315 g/mol. The number of hydrogen-bond donors (Lipinski definition) is 2. The molecule has 0 radical (unpaired) electrons. The smallest absolute Gasteiger partial charge is 0.323 e. The maximum Gasteiger partial charge on any atom is 0.323 e. The fraction of sp³-hybridized carbons (Fsp3) is 0.857. The number of hydrogen-bond acceptors (Lipinski definition) is 6. The van der Waals surface area contributed by atoms with Crippen LogP contribution in [0.5, 0.6) is 0 Å². The van der Waals surface area contributed by atoms with Gasteiger partial charge in [-0.1, -0.05) is 13.8 Å². The highest BCUT2D eigenvalue weighted by atomic mass is 32.2. The zero-order chi connectivity index (χ0) is 15.6. The second-order valence-corrected chi connectivity index (χ2v) is 7.52. The molecule has 0 aliphatic carbocycles. The molecule has 7 heteroatoms. The summed E-state index contributed by atoms with van der Waals surface area (Å²) in [5, 5.41) is 3.39. The average Bonchev–Trinajstić information content (AvgIpc) is 2.89. The third kappa shape index (κ3) is 3.52. The number of rotatable bonds is 3. The van der Waals surface area contributed by atoms with Gasteiger partial charge in [0.2, 0.25) is 5.91 Å². The summed E-state index contributed by atoms with van der Waals surface area (Å²) < 4.78 is 4.79. The summed E-state index contributed by atoms with van der Waals surface area (Å²) in [7, 11) is 1.41. The molecule has 0 aromatic carbocycles. The molecule has 0 unspecified atom stereocenters. The highest BCUT2D eigenvalue weighted by molar-refractivity contribution is 8.01. The molecule has 2 saturated heterocycles.